The smallest absolute Gasteiger partial charge is 0.419 e. The molecule has 0 aliphatic rings. The Bertz CT molecular complexity index is 867. The molecule has 2 aromatic rings. The molecule has 0 fully saturated rings. The van der Waals surface area contributed by atoms with Gasteiger partial charge in [-0.3, -0.25) is 9.36 Å². The van der Waals surface area contributed by atoms with Gasteiger partial charge in [0.25, 0.3) is 0 Å². The first kappa shape index (κ1) is 23.9. The van der Waals surface area contributed by atoms with Gasteiger partial charge in [0.2, 0.25) is 0 Å². The molecular weight excluding hydrogens is 413 g/mol. The lowest BCUT2D eigenvalue weighted by molar-refractivity contribution is -0.138. The van der Waals surface area contributed by atoms with E-state index in [-0.39, 0.29) is 24.1 Å². The molecule has 0 aliphatic heterocycles. The number of rotatable bonds is 6. The monoisotopic (exact) mass is 430 g/mol. The molecule has 0 saturated carbocycles. The van der Waals surface area contributed by atoms with Gasteiger partial charge >= 0.3 is 17.9 Å². The molecule has 0 unspecified atom stereocenters. The molecule has 28 heavy (non-hydrogen) atoms. The van der Waals surface area contributed by atoms with Gasteiger partial charge in [-0.05, 0) is 12.1 Å². The SMILES string of the molecule is NC(CO)(CO)CO.O=C(O)CCn1c(=O)oc2cc(C(F)(F)F)c(Cl)cc21. The van der Waals surface area contributed by atoms with Gasteiger partial charge < -0.3 is 30.6 Å². The van der Waals surface area contributed by atoms with E-state index in [1.54, 1.807) is 0 Å². The second-order valence-electron chi connectivity index (χ2n) is 5.80. The van der Waals surface area contributed by atoms with Gasteiger partial charge in [-0.25, -0.2) is 4.79 Å². The van der Waals surface area contributed by atoms with Crippen LogP contribution in [0.15, 0.2) is 21.3 Å². The molecule has 6 N–H and O–H groups in total. The number of carbonyl (C=O) groups is 1. The fraction of sp³-hybridized carbons (Fsp3) is 0.467. The van der Waals surface area contributed by atoms with Gasteiger partial charge in [-0.1, -0.05) is 11.6 Å². The summed E-state index contributed by atoms with van der Waals surface area (Å²) in [5.74, 6) is -2.08. The van der Waals surface area contributed by atoms with E-state index in [1.165, 1.54) is 0 Å². The Morgan fingerprint density at radius 2 is 1.71 bits per heavy atom. The largest absolute Gasteiger partial charge is 0.481 e. The summed E-state index contributed by atoms with van der Waals surface area (Å²) in [6.07, 6.45) is -5.04. The zero-order valence-electron chi connectivity index (χ0n) is 14.2. The van der Waals surface area contributed by atoms with E-state index in [4.69, 9.17) is 37.8 Å². The van der Waals surface area contributed by atoms with E-state index in [0.29, 0.717) is 6.07 Å². The maximum atomic E-state index is 12.6. The third-order valence-corrected chi connectivity index (χ3v) is 3.87. The predicted octanol–water partition coefficient (Wildman–Crippen LogP) is 0.402. The lowest BCUT2D eigenvalue weighted by atomic mass is 10.1. The first-order valence-corrected chi connectivity index (χ1v) is 7.99. The number of hydrogen-bond donors (Lipinski definition) is 5. The standard InChI is InChI=1S/C11H7ClF3NO4.C4H11NO3/c12-6-4-7-8(3-5(6)11(13,14)15)20-10(19)16(7)2-1-9(17)18;5-4(1-6,2-7)3-8/h3-4H,1-2H2,(H,17,18);6-8H,1-3,5H2. The summed E-state index contributed by atoms with van der Waals surface area (Å²) in [6, 6.07) is 1.56. The van der Waals surface area contributed by atoms with Crippen molar-refractivity contribution >= 4 is 28.7 Å². The van der Waals surface area contributed by atoms with Crippen molar-refractivity contribution < 1.29 is 42.8 Å². The molecule has 0 radical (unpaired) electrons. The minimum atomic E-state index is -4.67. The summed E-state index contributed by atoms with van der Waals surface area (Å²) in [6.45, 7) is -1.43. The lowest BCUT2D eigenvalue weighted by Crippen LogP contribution is -2.50. The maximum Gasteiger partial charge on any atom is 0.419 e. The van der Waals surface area contributed by atoms with Crippen LogP contribution in [0.2, 0.25) is 5.02 Å². The van der Waals surface area contributed by atoms with Crippen LogP contribution in [0, 0.1) is 0 Å². The van der Waals surface area contributed by atoms with Crippen molar-refractivity contribution in [2.45, 2.75) is 24.7 Å². The predicted molar refractivity (Wildman–Crippen MR) is 90.9 cm³/mol. The van der Waals surface area contributed by atoms with Crippen molar-refractivity contribution in [2.24, 2.45) is 5.73 Å². The third kappa shape index (κ3) is 5.94. The summed E-state index contributed by atoms with van der Waals surface area (Å²) < 4.78 is 43.6. The van der Waals surface area contributed by atoms with Gasteiger partial charge in [0.05, 0.1) is 47.9 Å². The number of halogens is 4. The van der Waals surface area contributed by atoms with Crippen molar-refractivity contribution in [2.75, 3.05) is 19.8 Å². The topological polar surface area (TPSA) is 159 Å². The van der Waals surface area contributed by atoms with Crippen molar-refractivity contribution in [3.63, 3.8) is 0 Å². The van der Waals surface area contributed by atoms with E-state index in [2.05, 4.69) is 4.42 Å². The highest BCUT2D eigenvalue weighted by atomic mass is 35.5. The van der Waals surface area contributed by atoms with Crippen LogP contribution >= 0.6 is 11.6 Å². The number of aryl methyl sites for hydroxylation is 1. The van der Waals surface area contributed by atoms with Crippen LogP contribution in [-0.2, 0) is 17.5 Å². The van der Waals surface area contributed by atoms with Crippen molar-refractivity contribution in [1.82, 2.24) is 4.57 Å². The second-order valence-corrected chi connectivity index (χ2v) is 6.20. The highest BCUT2D eigenvalue weighted by Gasteiger charge is 2.34. The Labute approximate surface area is 160 Å². The van der Waals surface area contributed by atoms with Gasteiger partial charge in [0, 0.05) is 6.54 Å². The first-order valence-electron chi connectivity index (χ1n) is 7.62. The fourth-order valence-electron chi connectivity index (χ4n) is 1.87. The van der Waals surface area contributed by atoms with Crippen molar-refractivity contribution in [1.29, 1.82) is 0 Å². The Morgan fingerprint density at radius 1 is 1.18 bits per heavy atom. The fourth-order valence-corrected chi connectivity index (χ4v) is 2.13. The summed E-state index contributed by atoms with van der Waals surface area (Å²) >= 11 is 5.54. The number of aliphatic hydroxyl groups excluding tert-OH is 3. The number of nitrogens with zero attached hydrogens (tertiary/aromatic N) is 1. The number of benzene rings is 1. The number of fused-ring (bicyclic) bond motifs is 1. The molecular formula is C15H18ClF3N2O7. The summed E-state index contributed by atoms with van der Waals surface area (Å²) in [5.41, 5.74) is 2.55. The van der Waals surface area contributed by atoms with E-state index in [9.17, 15) is 22.8 Å². The van der Waals surface area contributed by atoms with E-state index >= 15 is 0 Å². The average molecular weight is 431 g/mol. The normalized spacial score (nSPS) is 12.0. The molecule has 0 bridgehead atoms. The minimum absolute atomic E-state index is 0.0225. The molecule has 13 heteroatoms. The zero-order chi connectivity index (χ0) is 21.7. The molecule has 1 aromatic carbocycles. The molecule has 1 heterocycles. The molecule has 0 amide bonds. The molecule has 158 valence electrons. The van der Waals surface area contributed by atoms with Crippen LogP contribution in [0.3, 0.4) is 0 Å². The molecule has 0 atom stereocenters. The molecule has 9 nitrogen and oxygen atoms in total. The summed E-state index contributed by atoms with van der Waals surface area (Å²) in [4.78, 5) is 22.0. The number of oxazole rings is 1. The Morgan fingerprint density at radius 3 is 2.11 bits per heavy atom. The number of carboxylic acids is 1. The molecule has 2 rings (SSSR count). The first-order chi connectivity index (χ1) is 12.9. The number of aliphatic carboxylic acids is 1. The number of aliphatic hydroxyl groups is 3. The van der Waals surface area contributed by atoms with Crippen molar-refractivity contribution in [3.05, 3.63) is 33.3 Å². The highest BCUT2D eigenvalue weighted by molar-refractivity contribution is 6.32. The lowest BCUT2D eigenvalue weighted by Gasteiger charge is -2.20. The quantitative estimate of drug-likeness (QED) is 0.440. The Kier molecular flexibility index (Phi) is 8.02. The third-order valence-electron chi connectivity index (χ3n) is 3.56. The summed E-state index contributed by atoms with van der Waals surface area (Å²) in [7, 11) is 0. The van der Waals surface area contributed by atoms with E-state index in [1.807, 2.05) is 0 Å². The van der Waals surface area contributed by atoms with E-state index < -0.39 is 53.8 Å². The molecule has 1 aromatic heterocycles. The second kappa shape index (κ2) is 9.39. The molecule has 0 aliphatic carbocycles. The number of hydrogen-bond acceptors (Lipinski definition) is 7. The van der Waals surface area contributed by atoms with Crippen LogP contribution in [0.4, 0.5) is 13.2 Å². The van der Waals surface area contributed by atoms with Crippen LogP contribution in [0.25, 0.3) is 11.1 Å². The Balaban J connectivity index is 0.000000416. The van der Waals surface area contributed by atoms with Gasteiger partial charge in [0.15, 0.2) is 5.58 Å². The number of carboxylic acid groups (broad SMARTS) is 1. The van der Waals surface area contributed by atoms with Gasteiger partial charge in [0.1, 0.15) is 0 Å². The number of aromatic nitrogens is 1. The van der Waals surface area contributed by atoms with E-state index in [0.717, 1.165) is 10.6 Å². The Hall–Kier alpha value is -2.12. The molecule has 0 spiro atoms. The number of alkyl halides is 3. The van der Waals surface area contributed by atoms with Crippen LogP contribution in [0.1, 0.15) is 12.0 Å². The van der Waals surface area contributed by atoms with Crippen molar-refractivity contribution in [3.8, 4) is 0 Å². The molecule has 0 saturated heterocycles. The maximum absolute atomic E-state index is 12.6. The zero-order valence-corrected chi connectivity index (χ0v) is 15.0. The highest BCUT2D eigenvalue weighted by Crippen LogP contribution is 2.36. The van der Waals surface area contributed by atoms with Crippen LogP contribution in [-0.4, -0.2) is 56.3 Å². The minimum Gasteiger partial charge on any atom is -0.481 e. The van der Waals surface area contributed by atoms with Gasteiger partial charge in [-0.2, -0.15) is 13.2 Å². The van der Waals surface area contributed by atoms with Crippen LogP contribution < -0.4 is 11.5 Å². The number of nitrogens with two attached hydrogens (primary N) is 1. The van der Waals surface area contributed by atoms with Crippen LogP contribution in [0.5, 0.6) is 0 Å². The van der Waals surface area contributed by atoms with Gasteiger partial charge in [-0.15, -0.1) is 0 Å². The summed E-state index contributed by atoms with van der Waals surface area (Å²) in [5, 5.41) is 33.0. The average Bonchev–Trinajstić information content (AvgIpc) is 2.92.